The number of nitrogens with one attached hydrogen (secondary N) is 1. The number of imide groups is 1. The van der Waals surface area contributed by atoms with Gasteiger partial charge < -0.3 is 5.32 Å². The first-order valence-corrected chi connectivity index (χ1v) is 7.89. The van der Waals surface area contributed by atoms with Gasteiger partial charge in [0.15, 0.2) is 0 Å². The molecule has 4 nitrogen and oxygen atoms in total. The van der Waals surface area contributed by atoms with E-state index in [0.717, 1.165) is 16.2 Å². The van der Waals surface area contributed by atoms with Gasteiger partial charge in [-0.05, 0) is 18.4 Å². The monoisotopic (exact) mass is 290 g/mol. The fourth-order valence-corrected chi connectivity index (χ4v) is 4.10. The highest BCUT2D eigenvalue weighted by Crippen LogP contribution is 2.43. The van der Waals surface area contributed by atoms with Gasteiger partial charge in [-0.2, -0.15) is 0 Å². The Morgan fingerprint density at radius 2 is 2.10 bits per heavy atom. The molecule has 0 saturated carbocycles. The minimum absolute atomic E-state index is 0.0936. The molecule has 2 heterocycles. The smallest absolute Gasteiger partial charge is 0.319 e. The van der Waals surface area contributed by atoms with E-state index in [1.807, 2.05) is 38.1 Å². The molecular weight excluding hydrogens is 272 g/mol. The zero-order chi connectivity index (χ0) is 14.3. The van der Waals surface area contributed by atoms with E-state index in [-0.39, 0.29) is 17.9 Å². The summed E-state index contributed by atoms with van der Waals surface area (Å²) in [4.78, 5) is 27.5. The van der Waals surface area contributed by atoms with Crippen LogP contribution in [0.1, 0.15) is 25.8 Å². The minimum atomic E-state index is -0.839. The maximum Gasteiger partial charge on any atom is 0.325 e. The molecule has 1 saturated heterocycles. The molecule has 2 aliphatic rings. The van der Waals surface area contributed by atoms with Crippen molar-refractivity contribution in [1.29, 1.82) is 0 Å². The topological polar surface area (TPSA) is 49.4 Å². The average Bonchev–Trinajstić information content (AvgIpc) is 2.64. The second kappa shape index (κ2) is 4.81. The Balaban J connectivity index is 2.03. The van der Waals surface area contributed by atoms with E-state index in [9.17, 15) is 9.59 Å². The summed E-state index contributed by atoms with van der Waals surface area (Å²) in [6.45, 7) is 4.49. The summed E-state index contributed by atoms with van der Waals surface area (Å²) in [6, 6.07) is 7.62. The molecule has 0 aromatic heterocycles. The Labute approximate surface area is 122 Å². The maximum atomic E-state index is 12.8. The van der Waals surface area contributed by atoms with E-state index in [0.29, 0.717) is 13.0 Å². The Bertz CT molecular complexity index is 573. The summed E-state index contributed by atoms with van der Waals surface area (Å²) in [5.74, 6) is 1.02. The van der Waals surface area contributed by atoms with Crippen molar-refractivity contribution in [3.8, 4) is 0 Å². The highest BCUT2D eigenvalue weighted by Gasteiger charge is 2.54. The molecule has 1 atom stereocenters. The molecule has 3 amide bonds. The van der Waals surface area contributed by atoms with Crippen LogP contribution in [-0.4, -0.2) is 29.1 Å². The molecule has 1 aromatic carbocycles. The van der Waals surface area contributed by atoms with Crippen LogP contribution in [0.15, 0.2) is 29.2 Å². The summed E-state index contributed by atoms with van der Waals surface area (Å²) in [5.41, 5.74) is 0.106. The summed E-state index contributed by atoms with van der Waals surface area (Å²) in [5, 5.41) is 2.95. The number of carbonyl (C=O) groups is 2. The average molecular weight is 290 g/mol. The van der Waals surface area contributed by atoms with Gasteiger partial charge in [-0.15, -0.1) is 11.8 Å². The van der Waals surface area contributed by atoms with Crippen molar-refractivity contribution in [2.24, 2.45) is 5.92 Å². The molecule has 0 radical (unpaired) electrons. The lowest BCUT2D eigenvalue weighted by atomic mass is 9.86. The minimum Gasteiger partial charge on any atom is -0.319 e. The zero-order valence-electron chi connectivity index (χ0n) is 11.7. The number of fused-ring (bicyclic) bond motifs is 2. The number of carbonyl (C=O) groups excluding carboxylic acids is 2. The van der Waals surface area contributed by atoms with Crippen LogP contribution in [0, 0.1) is 5.92 Å². The quantitative estimate of drug-likeness (QED) is 0.852. The van der Waals surface area contributed by atoms with Crippen LogP contribution in [0.2, 0.25) is 0 Å². The number of benzene rings is 1. The second-order valence-electron chi connectivity index (χ2n) is 5.74. The van der Waals surface area contributed by atoms with Crippen molar-refractivity contribution in [1.82, 2.24) is 10.2 Å². The van der Waals surface area contributed by atoms with Crippen molar-refractivity contribution < 1.29 is 9.59 Å². The summed E-state index contributed by atoms with van der Waals surface area (Å²) < 4.78 is 0. The molecule has 0 bridgehead atoms. The van der Waals surface area contributed by atoms with Gasteiger partial charge in [0.1, 0.15) is 5.54 Å². The molecule has 0 aliphatic carbocycles. The van der Waals surface area contributed by atoms with E-state index in [1.54, 1.807) is 11.8 Å². The van der Waals surface area contributed by atoms with Crippen LogP contribution in [0.3, 0.4) is 0 Å². The van der Waals surface area contributed by atoms with Crippen LogP contribution < -0.4 is 5.32 Å². The summed E-state index contributed by atoms with van der Waals surface area (Å²) in [6.07, 6.45) is 0.661. The lowest BCUT2D eigenvalue weighted by Gasteiger charge is -2.32. The SMILES string of the molecule is CC(C)CN1C(=O)N[C@]2(CCSc3ccccc32)C1=O. The van der Waals surface area contributed by atoms with Crippen molar-refractivity contribution >= 4 is 23.7 Å². The molecule has 1 fully saturated rings. The van der Waals surface area contributed by atoms with Gasteiger partial charge in [0.05, 0.1) is 0 Å². The zero-order valence-corrected chi connectivity index (χ0v) is 12.5. The third-order valence-corrected chi connectivity index (χ3v) is 4.88. The number of nitrogens with zero attached hydrogens (tertiary/aromatic N) is 1. The second-order valence-corrected chi connectivity index (χ2v) is 6.88. The predicted octanol–water partition coefficient (Wildman–Crippen LogP) is 2.59. The maximum absolute atomic E-state index is 12.8. The van der Waals surface area contributed by atoms with E-state index in [4.69, 9.17) is 0 Å². The highest BCUT2D eigenvalue weighted by atomic mass is 32.2. The first-order chi connectivity index (χ1) is 9.54. The van der Waals surface area contributed by atoms with Gasteiger partial charge >= 0.3 is 6.03 Å². The summed E-state index contributed by atoms with van der Waals surface area (Å²) >= 11 is 1.75. The van der Waals surface area contributed by atoms with E-state index < -0.39 is 5.54 Å². The van der Waals surface area contributed by atoms with Crippen molar-refractivity contribution in [3.05, 3.63) is 29.8 Å². The Hall–Kier alpha value is -1.49. The third kappa shape index (κ3) is 1.92. The first-order valence-electron chi connectivity index (χ1n) is 6.91. The van der Waals surface area contributed by atoms with Gasteiger partial charge in [-0.3, -0.25) is 9.69 Å². The molecule has 1 N–H and O–H groups in total. The molecule has 20 heavy (non-hydrogen) atoms. The van der Waals surface area contributed by atoms with Crippen LogP contribution in [-0.2, 0) is 10.3 Å². The molecule has 2 aliphatic heterocycles. The third-order valence-electron chi connectivity index (χ3n) is 3.80. The standard InChI is InChI=1S/C15H18N2O2S/c1-10(2)9-17-13(18)15(16-14(17)19)7-8-20-12-6-4-3-5-11(12)15/h3-6,10H,7-9H2,1-2H3,(H,16,19)/t15-/m0/s1. The van der Waals surface area contributed by atoms with Gasteiger partial charge in [0.2, 0.25) is 0 Å². The van der Waals surface area contributed by atoms with Crippen molar-refractivity contribution in [3.63, 3.8) is 0 Å². The molecule has 106 valence electrons. The lowest BCUT2D eigenvalue weighted by molar-refractivity contribution is -0.132. The number of amides is 3. The normalized spacial score (nSPS) is 25.2. The first kappa shape index (κ1) is 13.5. The lowest BCUT2D eigenvalue weighted by Crippen LogP contribution is -2.46. The molecule has 3 rings (SSSR count). The largest absolute Gasteiger partial charge is 0.325 e. The molecule has 0 unspecified atom stereocenters. The van der Waals surface area contributed by atoms with E-state index in [1.165, 1.54) is 4.90 Å². The molecule has 1 spiro atoms. The van der Waals surface area contributed by atoms with Gasteiger partial charge in [-0.25, -0.2) is 4.79 Å². The number of hydrogen-bond donors (Lipinski definition) is 1. The van der Waals surface area contributed by atoms with Gasteiger partial charge in [-0.1, -0.05) is 32.0 Å². The fourth-order valence-electron chi connectivity index (χ4n) is 2.90. The summed E-state index contributed by atoms with van der Waals surface area (Å²) in [7, 11) is 0. The predicted molar refractivity (Wildman–Crippen MR) is 78.5 cm³/mol. The highest BCUT2D eigenvalue weighted by molar-refractivity contribution is 7.99. The van der Waals surface area contributed by atoms with E-state index in [2.05, 4.69) is 5.32 Å². The Morgan fingerprint density at radius 1 is 1.35 bits per heavy atom. The van der Waals surface area contributed by atoms with Crippen LogP contribution in [0.5, 0.6) is 0 Å². The van der Waals surface area contributed by atoms with Crippen LogP contribution in [0.25, 0.3) is 0 Å². The van der Waals surface area contributed by atoms with Crippen LogP contribution >= 0.6 is 11.8 Å². The molecular formula is C15H18N2O2S. The van der Waals surface area contributed by atoms with Gasteiger partial charge in [0.25, 0.3) is 5.91 Å². The molecule has 5 heteroatoms. The Kier molecular flexibility index (Phi) is 3.24. The number of rotatable bonds is 2. The van der Waals surface area contributed by atoms with Gasteiger partial charge in [0, 0.05) is 22.8 Å². The molecule has 1 aromatic rings. The van der Waals surface area contributed by atoms with Crippen LogP contribution in [0.4, 0.5) is 4.79 Å². The number of urea groups is 1. The van der Waals surface area contributed by atoms with Crippen molar-refractivity contribution in [2.45, 2.75) is 30.7 Å². The number of thioether (sulfide) groups is 1. The van der Waals surface area contributed by atoms with Crippen molar-refractivity contribution in [2.75, 3.05) is 12.3 Å². The number of hydrogen-bond acceptors (Lipinski definition) is 3. The Morgan fingerprint density at radius 3 is 2.85 bits per heavy atom. The fraction of sp³-hybridized carbons (Fsp3) is 0.467. The van der Waals surface area contributed by atoms with E-state index >= 15 is 0 Å².